The molecule has 0 radical (unpaired) electrons. The van der Waals surface area contributed by atoms with Crippen LogP contribution in [0.5, 0.6) is 0 Å². The number of aliphatic hydroxyl groups excluding tert-OH is 1. The summed E-state index contributed by atoms with van der Waals surface area (Å²) in [5, 5.41) is 25.2. The Bertz CT molecular complexity index is 897. The highest BCUT2D eigenvalue weighted by Crippen LogP contribution is 2.38. The number of nitro benzene ring substituents is 1. The van der Waals surface area contributed by atoms with Crippen LogP contribution in [-0.2, 0) is 0 Å². The fourth-order valence-corrected chi connectivity index (χ4v) is 2.62. The minimum atomic E-state index is -0.839. The Hall–Kier alpha value is -2.44. The number of hydrogen-bond acceptors (Lipinski definition) is 5. The fourth-order valence-electron chi connectivity index (χ4n) is 2.62. The van der Waals surface area contributed by atoms with Crippen molar-refractivity contribution in [2.45, 2.75) is 20.1 Å². The molecule has 3 aromatic rings. The summed E-state index contributed by atoms with van der Waals surface area (Å²) in [7, 11) is 0. The maximum absolute atomic E-state index is 11.4. The number of hydrogen-bond donors (Lipinski definition) is 2. The number of aliphatic hydroxyl groups is 1. The molecule has 120 valence electrons. The molecule has 0 aliphatic rings. The van der Waals surface area contributed by atoms with Crippen molar-refractivity contribution in [1.82, 2.24) is 4.98 Å². The lowest BCUT2D eigenvalue weighted by Gasteiger charge is -2.16. The van der Waals surface area contributed by atoms with Crippen molar-refractivity contribution in [2.24, 2.45) is 0 Å². The number of rotatable bonds is 3. The molecule has 0 amide bonds. The van der Waals surface area contributed by atoms with Gasteiger partial charge in [-0.05, 0) is 25.5 Å². The first kappa shape index (κ1) is 16.9. The zero-order valence-corrected chi connectivity index (χ0v) is 13.4. The molecule has 1 unspecified atom stereocenters. The van der Waals surface area contributed by atoms with Crippen LogP contribution in [0, 0.1) is 17.0 Å². The largest absolute Gasteiger partial charge is 0.374 e. The molecule has 1 heterocycles. The van der Waals surface area contributed by atoms with E-state index < -0.39 is 11.2 Å². The van der Waals surface area contributed by atoms with Gasteiger partial charge in [-0.15, -0.1) is 12.4 Å². The van der Waals surface area contributed by atoms with Crippen LogP contribution in [-0.4, -0.2) is 21.2 Å². The Kier molecular flexibility index (Phi) is 4.68. The van der Waals surface area contributed by atoms with Gasteiger partial charge in [-0.2, -0.15) is 0 Å². The molecule has 0 saturated carbocycles. The van der Waals surface area contributed by atoms with E-state index in [2.05, 4.69) is 10.3 Å². The Morgan fingerprint density at radius 3 is 2.61 bits per heavy atom. The second kappa shape index (κ2) is 6.36. The van der Waals surface area contributed by atoms with Gasteiger partial charge in [0.15, 0.2) is 0 Å². The first-order valence-corrected chi connectivity index (χ1v) is 6.90. The molecule has 2 N–H and O–H groups in total. The van der Waals surface area contributed by atoms with Crippen LogP contribution in [0.1, 0.15) is 12.5 Å². The third kappa shape index (κ3) is 2.91. The summed E-state index contributed by atoms with van der Waals surface area (Å²) in [6.45, 7) is 3.43. The maximum atomic E-state index is 11.4. The van der Waals surface area contributed by atoms with Crippen molar-refractivity contribution in [3.8, 4) is 0 Å². The van der Waals surface area contributed by atoms with Gasteiger partial charge in [0.2, 0.25) is 0 Å². The van der Waals surface area contributed by atoms with E-state index in [1.165, 1.54) is 6.07 Å². The summed E-state index contributed by atoms with van der Waals surface area (Å²) in [4.78, 5) is 15.5. The number of fused-ring (bicyclic) bond motifs is 2. The molecule has 0 saturated heterocycles. The van der Waals surface area contributed by atoms with E-state index in [9.17, 15) is 15.2 Å². The number of non-ortho nitro benzene ring substituents is 1. The van der Waals surface area contributed by atoms with E-state index in [4.69, 9.17) is 0 Å². The number of nitrogens with one attached hydrogen (secondary N) is 1. The molecule has 0 spiro atoms. The molecule has 23 heavy (non-hydrogen) atoms. The number of halogens is 1. The third-order valence-electron chi connectivity index (χ3n) is 3.56. The monoisotopic (exact) mass is 333 g/mol. The molecule has 6 nitrogen and oxygen atoms in total. The SMILES string of the molecule is Cc1ccc([N+](=O)[O-])c2c(NC(C)O)c3ccccc3nc12.Cl. The van der Waals surface area contributed by atoms with E-state index in [0.717, 1.165) is 16.5 Å². The lowest BCUT2D eigenvalue weighted by atomic mass is 10.0. The van der Waals surface area contributed by atoms with Gasteiger partial charge in [-0.3, -0.25) is 10.1 Å². The second-order valence-corrected chi connectivity index (χ2v) is 5.21. The van der Waals surface area contributed by atoms with Crippen molar-refractivity contribution < 1.29 is 10.0 Å². The average Bonchev–Trinajstić information content (AvgIpc) is 2.47. The van der Waals surface area contributed by atoms with Crippen molar-refractivity contribution in [3.63, 3.8) is 0 Å². The van der Waals surface area contributed by atoms with Gasteiger partial charge >= 0.3 is 0 Å². The first-order chi connectivity index (χ1) is 10.5. The zero-order chi connectivity index (χ0) is 15.9. The second-order valence-electron chi connectivity index (χ2n) is 5.21. The number of pyridine rings is 1. The average molecular weight is 334 g/mol. The van der Waals surface area contributed by atoms with E-state index in [0.29, 0.717) is 16.6 Å². The van der Waals surface area contributed by atoms with Gasteiger partial charge in [0.05, 0.1) is 21.6 Å². The summed E-state index contributed by atoms with van der Waals surface area (Å²) in [5.41, 5.74) is 2.64. The van der Waals surface area contributed by atoms with E-state index in [1.54, 1.807) is 13.0 Å². The van der Waals surface area contributed by atoms with Crippen LogP contribution in [0.3, 0.4) is 0 Å². The smallest absolute Gasteiger partial charge is 0.280 e. The van der Waals surface area contributed by atoms with Crippen LogP contribution >= 0.6 is 12.4 Å². The molecule has 2 aromatic carbocycles. The fraction of sp³-hybridized carbons (Fsp3) is 0.188. The normalized spacial score (nSPS) is 12.0. The summed E-state index contributed by atoms with van der Waals surface area (Å²) in [5.74, 6) is 0. The highest BCUT2D eigenvalue weighted by atomic mass is 35.5. The molecular formula is C16H16ClN3O3. The predicted octanol–water partition coefficient (Wildman–Crippen LogP) is 3.78. The summed E-state index contributed by atoms with van der Waals surface area (Å²) in [6, 6.07) is 10.5. The predicted molar refractivity (Wildman–Crippen MR) is 93.2 cm³/mol. The molecule has 0 bridgehead atoms. The molecular weight excluding hydrogens is 318 g/mol. The Balaban J connectivity index is 0.00000192. The Morgan fingerprint density at radius 2 is 1.96 bits per heavy atom. The third-order valence-corrected chi connectivity index (χ3v) is 3.56. The lowest BCUT2D eigenvalue weighted by Crippen LogP contribution is -2.14. The number of benzene rings is 2. The minimum Gasteiger partial charge on any atom is -0.374 e. The molecule has 7 heteroatoms. The number of nitrogens with zero attached hydrogens (tertiary/aromatic N) is 2. The Labute approximate surface area is 138 Å². The molecule has 1 atom stereocenters. The molecule has 0 aliphatic heterocycles. The van der Waals surface area contributed by atoms with E-state index in [-0.39, 0.29) is 18.1 Å². The van der Waals surface area contributed by atoms with Gasteiger partial charge in [-0.1, -0.05) is 24.3 Å². The van der Waals surface area contributed by atoms with Crippen LogP contribution in [0.2, 0.25) is 0 Å². The zero-order valence-electron chi connectivity index (χ0n) is 12.6. The van der Waals surface area contributed by atoms with Crippen molar-refractivity contribution >= 4 is 45.6 Å². The van der Waals surface area contributed by atoms with Crippen LogP contribution in [0.4, 0.5) is 11.4 Å². The van der Waals surface area contributed by atoms with Crippen LogP contribution in [0.15, 0.2) is 36.4 Å². The van der Waals surface area contributed by atoms with E-state index >= 15 is 0 Å². The minimum absolute atomic E-state index is 0. The van der Waals surface area contributed by atoms with Gasteiger partial charge in [0.1, 0.15) is 11.6 Å². The standard InChI is InChI=1S/C16H15N3O3.ClH/c1-9-7-8-13(19(21)22)14-15(9)18-12-6-4-3-5-11(12)16(14)17-10(2)20;/h3-8,10,20H,1-2H3,(H,17,18);1H. The summed E-state index contributed by atoms with van der Waals surface area (Å²) < 4.78 is 0. The number of aromatic nitrogens is 1. The summed E-state index contributed by atoms with van der Waals surface area (Å²) in [6.07, 6.45) is -0.839. The van der Waals surface area contributed by atoms with Gasteiger partial charge < -0.3 is 10.4 Å². The molecule has 0 fully saturated rings. The first-order valence-electron chi connectivity index (χ1n) is 6.90. The van der Waals surface area contributed by atoms with Crippen molar-refractivity contribution in [3.05, 3.63) is 52.1 Å². The van der Waals surface area contributed by atoms with Crippen LogP contribution < -0.4 is 5.32 Å². The van der Waals surface area contributed by atoms with Gasteiger partial charge in [0.25, 0.3) is 5.69 Å². The lowest BCUT2D eigenvalue weighted by molar-refractivity contribution is -0.383. The number of nitro groups is 1. The number of aryl methyl sites for hydroxylation is 1. The highest BCUT2D eigenvalue weighted by molar-refractivity contribution is 6.11. The highest BCUT2D eigenvalue weighted by Gasteiger charge is 2.21. The van der Waals surface area contributed by atoms with Crippen molar-refractivity contribution in [1.29, 1.82) is 0 Å². The van der Waals surface area contributed by atoms with E-state index in [1.807, 2.05) is 31.2 Å². The number of para-hydroxylation sites is 1. The maximum Gasteiger partial charge on any atom is 0.280 e. The quantitative estimate of drug-likeness (QED) is 0.329. The Morgan fingerprint density at radius 1 is 1.26 bits per heavy atom. The van der Waals surface area contributed by atoms with Crippen LogP contribution in [0.25, 0.3) is 21.8 Å². The van der Waals surface area contributed by atoms with Crippen molar-refractivity contribution in [2.75, 3.05) is 5.32 Å². The topological polar surface area (TPSA) is 88.3 Å². The van der Waals surface area contributed by atoms with Gasteiger partial charge in [0, 0.05) is 11.5 Å². The van der Waals surface area contributed by atoms with Gasteiger partial charge in [-0.25, -0.2) is 4.98 Å². The molecule has 1 aromatic heterocycles. The summed E-state index contributed by atoms with van der Waals surface area (Å²) >= 11 is 0. The molecule has 0 aliphatic carbocycles. The number of anilines is 1. The molecule has 3 rings (SSSR count).